The molecule has 0 aliphatic carbocycles. The van der Waals surface area contributed by atoms with E-state index in [2.05, 4.69) is 31.0 Å². The quantitative estimate of drug-likeness (QED) is 0.0743. The number of hydrogen-bond acceptors (Lipinski definition) is 7. The van der Waals surface area contributed by atoms with Gasteiger partial charge in [0.2, 0.25) is 23.5 Å². The number of nitrogens with zero attached hydrogens (tertiary/aromatic N) is 5. The first kappa shape index (κ1) is 40.7. The van der Waals surface area contributed by atoms with E-state index in [1.54, 1.807) is 25.1 Å². The minimum Gasteiger partial charge on any atom is -0.370 e. The maximum atomic E-state index is 13.9. The normalized spacial score (nSPS) is 13.3. The molecule has 2 unspecified atom stereocenters. The van der Waals surface area contributed by atoms with Crippen LogP contribution in [-0.2, 0) is 20.8 Å². The fourth-order valence-electron chi connectivity index (χ4n) is 5.47. The zero-order chi connectivity index (χ0) is 37.7. The maximum absolute atomic E-state index is 13.9. The van der Waals surface area contributed by atoms with Gasteiger partial charge in [-0.15, -0.1) is 5.10 Å². The Hall–Kier alpha value is -4.69. The van der Waals surface area contributed by atoms with Crippen molar-refractivity contribution in [2.75, 3.05) is 20.1 Å². The number of carbonyl (C=O) groups excluding carboxylic acids is 4. The van der Waals surface area contributed by atoms with Gasteiger partial charge in [0.05, 0.1) is 5.69 Å². The van der Waals surface area contributed by atoms with Gasteiger partial charge in [0.25, 0.3) is 5.91 Å². The van der Waals surface area contributed by atoms with Crippen LogP contribution in [0.2, 0.25) is 10.0 Å². The minimum absolute atomic E-state index is 0.0868. The Labute approximate surface area is 308 Å². The molecule has 3 atom stereocenters. The molecule has 0 radical (unpaired) electrons. The second-order valence-electron chi connectivity index (χ2n) is 12.6. The smallest absolute Gasteiger partial charge is 0.291 e. The lowest BCUT2D eigenvalue weighted by molar-refractivity contribution is -0.138. The first-order valence-corrected chi connectivity index (χ1v) is 17.6. The second kappa shape index (κ2) is 19.6. The number of guanidine groups is 1. The number of aromatic nitrogens is 3. The lowest BCUT2D eigenvalue weighted by atomic mass is 9.98. The van der Waals surface area contributed by atoms with Crippen molar-refractivity contribution >= 4 is 52.8 Å². The van der Waals surface area contributed by atoms with Gasteiger partial charge in [-0.2, -0.15) is 0 Å². The van der Waals surface area contributed by atoms with E-state index in [0.717, 1.165) is 5.56 Å². The maximum Gasteiger partial charge on any atom is 0.291 e. The molecular weight excluding hydrogens is 695 g/mol. The molecule has 16 heteroatoms. The number of primary amides is 1. The second-order valence-corrected chi connectivity index (χ2v) is 13.5. The average molecular weight is 744 g/mol. The summed E-state index contributed by atoms with van der Waals surface area (Å²) < 4.78 is 1.43. The fourth-order valence-corrected chi connectivity index (χ4v) is 5.99. The highest BCUT2D eigenvalue weighted by molar-refractivity contribution is 6.34. The number of rotatable bonds is 18. The summed E-state index contributed by atoms with van der Waals surface area (Å²) in [5.74, 6) is -1.56. The molecule has 0 aliphatic rings. The van der Waals surface area contributed by atoms with Gasteiger partial charge in [0, 0.05) is 49.1 Å². The van der Waals surface area contributed by atoms with Gasteiger partial charge in [-0.1, -0.05) is 67.4 Å². The number of nitrogens with one attached hydrogen (secondary N) is 3. The highest BCUT2D eigenvalue weighted by atomic mass is 35.5. The number of amides is 4. The van der Waals surface area contributed by atoms with Crippen molar-refractivity contribution in [3.63, 3.8) is 0 Å². The van der Waals surface area contributed by atoms with Crippen molar-refractivity contribution in [1.82, 2.24) is 35.6 Å². The van der Waals surface area contributed by atoms with Crippen LogP contribution in [0.1, 0.15) is 68.5 Å². The molecule has 0 bridgehead atoms. The van der Waals surface area contributed by atoms with Gasteiger partial charge >= 0.3 is 0 Å². The summed E-state index contributed by atoms with van der Waals surface area (Å²) in [4.78, 5) is 63.2. The van der Waals surface area contributed by atoms with Crippen LogP contribution in [0.4, 0.5) is 0 Å². The molecule has 0 spiro atoms. The van der Waals surface area contributed by atoms with Crippen LogP contribution in [-0.4, -0.2) is 87.5 Å². The molecule has 276 valence electrons. The summed E-state index contributed by atoms with van der Waals surface area (Å²) in [6.07, 6.45) is 1.23. The minimum atomic E-state index is -1.03. The highest BCUT2D eigenvalue weighted by Crippen LogP contribution is 2.22. The van der Waals surface area contributed by atoms with Crippen LogP contribution in [0.3, 0.4) is 0 Å². The summed E-state index contributed by atoms with van der Waals surface area (Å²) in [6, 6.07) is 11.6. The van der Waals surface area contributed by atoms with Crippen LogP contribution in [0.25, 0.3) is 5.69 Å². The summed E-state index contributed by atoms with van der Waals surface area (Å²) in [5, 5.41) is 13.8. The molecule has 0 aliphatic heterocycles. The highest BCUT2D eigenvalue weighted by Gasteiger charge is 2.30. The van der Waals surface area contributed by atoms with E-state index in [1.807, 2.05) is 51.1 Å². The molecule has 0 saturated heterocycles. The standard InChI is InChI=1S/C35H48Cl2N10O4/c1-6-40-35(39)41-14-10-13-28(44-34(51)32-42-22(4)47(45-32)27-18-24(36)17-25(37)19-27)33(50)43-26(15-21(2)3)20-30(48)46(5)29(31(38)49)16-23-11-8-7-9-12-23/h7-9,11-12,17-19,21,26,28-29H,6,10,13-16,20H2,1-5H3,(H2,38,49)(H,43,50)(H,44,51)(H3,39,40,41)/t26?,28-,29?/m0/s1. The first-order chi connectivity index (χ1) is 24.2. The Morgan fingerprint density at radius 3 is 2.29 bits per heavy atom. The molecule has 3 aromatic rings. The number of benzene rings is 2. The molecule has 0 fully saturated rings. The number of halogens is 2. The van der Waals surface area contributed by atoms with Gasteiger partial charge in [-0.25, -0.2) is 9.67 Å². The summed E-state index contributed by atoms with van der Waals surface area (Å²) in [6.45, 7) is 8.41. The third kappa shape index (κ3) is 12.9. The Morgan fingerprint density at radius 1 is 1.02 bits per heavy atom. The largest absolute Gasteiger partial charge is 0.370 e. The molecule has 2 aromatic carbocycles. The van der Waals surface area contributed by atoms with Gasteiger partial charge in [0.1, 0.15) is 17.9 Å². The molecule has 3 rings (SSSR count). The van der Waals surface area contributed by atoms with Crippen molar-refractivity contribution in [3.05, 3.63) is 75.8 Å². The Kier molecular flexibility index (Phi) is 15.7. The predicted octanol–water partition coefficient (Wildman–Crippen LogP) is 3.16. The Bertz CT molecular complexity index is 1660. The summed E-state index contributed by atoms with van der Waals surface area (Å²) >= 11 is 12.3. The molecule has 1 aromatic heterocycles. The monoisotopic (exact) mass is 742 g/mol. The molecule has 7 N–H and O–H groups in total. The van der Waals surface area contributed by atoms with Crippen molar-refractivity contribution in [2.45, 2.75) is 77.9 Å². The van der Waals surface area contributed by atoms with Gasteiger partial charge in [-0.3, -0.25) is 24.2 Å². The predicted molar refractivity (Wildman–Crippen MR) is 199 cm³/mol. The van der Waals surface area contributed by atoms with Crippen molar-refractivity contribution < 1.29 is 19.2 Å². The van der Waals surface area contributed by atoms with Crippen LogP contribution < -0.4 is 27.4 Å². The van der Waals surface area contributed by atoms with E-state index >= 15 is 0 Å². The molecule has 4 amide bonds. The molecular formula is C35H48Cl2N10O4. The van der Waals surface area contributed by atoms with Gasteiger partial charge in [0.15, 0.2) is 5.96 Å². The number of carbonyl (C=O) groups is 4. The van der Waals surface area contributed by atoms with E-state index in [1.165, 1.54) is 16.6 Å². The van der Waals surface area contributed by atoms with Crippen LogP contribution in [0.5, 0.6) is 0 Å². The van der Waals surface area contributed by atoms with Crippen LogP contribution in [0.15, 0.2) is 53.5 Å². The summed E-state index contributed by atoms with van der Waals surface area (Å²) in [5.41, 5.74) is 12.9. The molecule has 1 heterocycles. The van der Waals surface area contributed by atoms with E-state index in [4.69, 9.17) is 34.7 Å². The molecule has 51 heavy (non-hydrogen) atoms. The molecule has 14 nitrogen and oxygen atoms in total. The third-order valence-electron chi connectivity index (χ3n) is 7.96. The van der Waals surface area contributed by atoms with Crippen molar-refractivity contribution in [1.29, 1.82) is 0 Å². The van der Waals surface area contributed by atoms with E-state index in [-0.39, 0.29) is 42.9 Å². The number of likely N-dealkylation sites (N-methyl/N-ethyl adjacent to an activating group) is 1. The first-order valence-electron chi connectivity index (χ1n) is 16.8. The Morgan fingerprint density at radius 2 is 1.69 bits per heavy atom. The lowest BCUT2D eigenvalue weighted by Crippen LogP contribution is -2.52. The van der Waals surface area contributed by atoms with Crippen LogP contribution in [0, 0.1) is 12.8 Å². The number of nitrogens with two attached hydrogens (primary N) is 2. The topological polar surface area (TPSA) is 203 Å². The van der Waals surface area contributed by atoms with E-state index in [0.29, 0.717) is 47.5 Å². The summed E-state index contributed by atoms with van der Waals surface area (Å²) in [7, 11) is 1.53. The van der Waals surface area contributed by atoms with E-state index < -0.39 is 35.8 Å². The zero-order valence-electron chi connectivity index (χ0n) is 29.7. The Balaban J connectivity index is 1.80. The van der Waals surface area contributed by atoms with Crippen molar-refractivity contribution in [2.24, 2.45) is 22.4 Å². The van der Waals surface area contributed by atoms with Gasteiger partial charge < -0.3 is 32.3 Å². The zero-order valence-corrected chi connectivity index (χ0v) is 31.2. The van der Waals surface area contributed by atoms with Crippen LogP contribution >= 0.6 is 23.2 Å². The average Bonchev–Trinajstić information content (AvgIpc) is 3.46. The fraction of sp³-hybridized carbons (Fsp3) is 0.457. The third-order valence-corrected chi connectivity index (χ3v) is 8.40. The lowest BCUT2D eigenvalue weighted by Gasteiger charge is -2.29. The molecule has 0 saturated carbocycles. The SMILES string of the molecule is CCNC(N)=NCCC[C@H](NC(=O)c1nc(C)n(-c2cc(Cl)cc(Cl)c2)n1)C(=O)NC(CC(=O)N(C)C(Cc1ccccc1)C(N)=O)CC(C)C. The number of aliphatic imine (C=N–C) groups is 1. The number of hydrogen-bond donors (Lipinski definition) is 5. The number of aryl methyl sites for hydroxylation is 1. The van der Waals surface area contributed by atoms with E-state index in [9.17, 15) is 19.2 Å². The van der Waals surface area contributed by atoms with Gasteiger partial charge in [-0.05, 0) is 62.8 Å². The van der Waals surface area contributed by atoms with Crippen molar-refractivity contribution in [3.8, 4) is 5.69 Å².